The fraction of sp³-hybridized carbons (Fsp3) is 0.385. The lowest BCUT2D eigenvalue weighted by Crippen LogP contribution is -2.28. The summed E-state index contributed by atoms with van der Waals surface area (Å²) in [5.41, 5.74) is 1.07. The molecule has 88 valence electrons. The van der Waals surface area contributed by atoms with E-state index in [4.69, 9.17) is 0 Å². The van der Waals surface area contributed by atoms with Gasteiger partial charge in [-0.2, -0.15) is 0 Å². The quantitative estimate of drug-likeness (QED) is 0.800. The topological polar surface area (TPSA) is 12.0 Å². The van der Waals surface area contributed by atoms with Gasteiger partial charge in [-0.05, 0) is 38.0 Å². The van der Waals surface area contributed by atoms with Crippen molar-refractivity contribution in [3.8, 4) is 0 Å². The fourth-order valence-corrected chi connectivity index (χ4v) is 2.38. The molecule has 0 radical (unpaired) electrons. The summed E-state index contributed by atoms with van der Waals surface area (Å²) in [6.45, 7) is 7.88. The van der Waals surface area contributed by atoms with Crippen molar-refractivity contribution < 1.29 is 4.39 Å². The molecule has 0 saturated carbocycles. The van der Waals surface area contributed by atoms with Gasteiger partial charge in [-0.3, -0.25) is 0 Å². The number of nitrogens with one attached hydrogen (secondary N) is 1. The van der Waals surface area contributed by atoms with Crippen molar-refractivity contribution in [3.63, 3.8) is 0 Å². The maximum absolute atomic E-state index is 12.9. The molecule has 0 spiro atoms. The van der Waals surface area contributed by atoms with Gasteiger partial charge in [-0.1, -0.05) is 28.1 Å². The Hall–Kier alpha value is -0.670. The third-order valence-electron chi connectivity index (χ3n) is 2.48. The Labute approximate surface area is 105 Å². The zero-order valence-corrected chi connectivity index (χ0v) is 11.2. The zero-order chi connectivity index (χ0) is 12.1. The molecule has 0 heterocycles. The summed E-state index contributed by atoms with van der Waals surface area (Å²) < 4.78 is 13.7. The molecular formula is C13H17BrFN. The van der Waals surface area contributed by atoms with Crippen LogP contribution in [-0.2, 0) is 0 Å². The molecule has 0 aliphatic carbocycles. The molecule has 0 aliphatic rings. The normalized spacial score (nSPS) is 14.5. The first kappa shape index (κ1) is 13.4. The Bertz CT molecular complexity index is 365. The number of hydrogen-bond donors (Lipinski definition) is 1. The Kier molecular flexibility index (Phi) is 5.16. The average Bonchev–Trinajstić information content (AvgIpc) is 2.17. The molecule has 1 aromatic rings. The van der Waals surface area contributed by atoms with E-state index in [1.807, 2.05) is 6.08 Å². The maximum Gasteiger partial charge on any atom is 0.124 e. The monoisotopic (exact) mass is 285 g/mol. The summed E-state index contributed by atoms with van der Waals surface area (Å²) in [5, 5.41) is 3.43. The van der Waals surface area contributed by atoms with Crippen LogP contribution in [0.4, 0.5) is 4.39 Å². The molecule has 0 saturated heterocycles. The lowest BCUT2D eigenvalue weighted by molar-refractivity contribution is 0.481. The summed E-state index contributed by atoms with van der Waals surface area (Å²) in [6, 6.07) is 5.33. The van der Waals surface area contributed by atoms with Gasteiger partial charge < -0.3 is 5.32 Å². The van der Waals surface area contributed by atoms with E-state index in [0.717, 1.165) is 16.5 Å². The van der Waals surface area contributed by atoms with Crippen LogP contribution in [0.15, 0.2) is 35.3 Å². The first-order valence-electron chi connectivity index (χ1n) is 5.36. The van der Waals surface area contributed by atoms with Crippen LogP contribution in [0, 0.1) is 5.82 Å². The molecule has 16 heavy (non-hydrogen) atoms. The smallest absolute Gasteiger partial charge is 0.124 e. The number of benzene rings is 1. The third kappa shape index (κ3) is 3.72. The summed E-state index contributed by atoms with van der Waals surface area (Å²) >= 11 is 3.38. The Morgan fingerprint density at radius 2 is 2.19 bits per heavy atom. The molecule has 1 nitrogen and oxygen atoms in total. The van der Waals surface area contributed by atoms with E-state index < -0.39 is 0 Å². The van der Waals surface area contributed by atoms with Crippen molar-refractivity contribution >= 4 is 15.9 Å². The van der Waals surface area contributed by atoms with Crippen molar-refractivity contribution in [1.29, 1.82) is 0 Å². The molecule has 2 atom stereocenters. The van der Waals surface area contributed by atoms with Crippen LogP contribution in [0.3, 0.4) is 0 Å². The summed E-state index contributed by atoms with van der Waals surface area (Å²) in [7, 11) is 0. The van der Waals surface area contributed by atoms with Gasteiger partial charge in [0.05, 0.1) is 0 Å². The van der Waals surface area contributed by atoms with E-state index in [1.54, 1.807) is 6.07 Å². The standard InChI is InChI=1S/C13H17BrFN/c1-4-5-9(2)16-10(3)12-7-6-11(15)8-13(12)14/h4,6-10,16H,1,5H2,2-3H3. The Balaban J connectivity index is 2.72. The predicted octanol–water partition coefficient (Wildman–Crippen LogP) is 4.20. The number of hydrogen-bond acceptors (Lipinski definition) is 1. The maximum atomic E-state index is 12.9. The molecule has 1 N–H and O–H groups in total. The highest BCUT2D eigenvalue weighted by molar-refractivity contribution is 9.10. The van der Waals surface area contributed by atoms with E-state index in [-0.39, 0.29) is 11.9 Å². The van der Waals surface area contributed by atoms with E-state index >= 15 is 0 Å². The second-order valence-corrected chi connectivity index (χ2v) is 4.83. The van der Waals surface area contributed by atoms with Crippen molar-refractivity contribution in [2.24, 2.45) is 0 Å². The largest absolute Gasteiger partial charge is 0.307 e. The van der Waals surface area contributed by atoms with Crippen LogP contribution in [0.25, 0.3) is 0 Å². The van der Waals surface area contributed by atoms with E-state index in [0.29, 0.717) is 6.04 Å². The van der Waals surface area contributed by atoms with Gasteiger partial charge in [0.1, 0.15) is 5.82 Å². The van der Waals surface area contributed by atoms with Crippen LogP contribution in [0.5, 0.6) is 0 Å². The molecule has 0 bridgehead atoms. The van der Waals surface area contributed by atoms with Crippen molar-refractivity contribution in [1.82, 2.24) is 5.32 Å². The minimum atomic E-state index is -0.220. The summed E-state index contributed by atoms with van der Waals surface area (Å²) in [6.07, 6.45) is 2.81. The molecular weight excluding hydrogens is 269 g/mol. The first-order chi connectivity index (χ1) is 7.54. The van der Waals surface area contributed by atoms with Gasteiger partial charge in [0, 0.05) is 16.6 Å². The Morgan fingerprint density at radius 3 is 2.75 bits per heavy atom. The molecule has 1 rings (SSSR count). The second-order valence-electron chi connectivity index (χ2n) is 3.98. The zero-order valence-electron chi connectivity index (χ0n) is 9.63. The summed E-state index contributed by atoms with van der Waals surface area (Å²) in [4.78, 5) is 0. The lowest BCUT2D eigenvalue weighted by Gasteiger charge is -2.20. The van der Waals surface area contributed by atoms with E-state index in [1.165, 1.54) is 12.1 Å². The van der Waals surface area contributed by atoms with Crippen LogP contribution in [-0.4, -0.2) is 6.04 Å². The molecule has 0 amide bonds. The van der Waals surface area contributed by atoms with Crippen LogP contribution >= 0.6 is 15.9 Å². The van der Waals surface area contributed by atoms with Crippen molar-refractivity contribution in [2.75, 3.05) is 0 Å². The lowest BCUT2D eigenvalue weighted by atomic mass is 10.1. The van der Waals surface area contributed by atoms with Gasteiger partial charge in [0.25, 0.3) is 0 Å². The molecule has 0 fully saturated rings. The van der Waals surface area contributed by atoms with Gasteiger partial charge in [0.15, 0.2) is 0 Å². The van der Waals surface area contributed by atoms with Crippen LogP contribution in [0.1, 0.15) is 31.9 Å². The van der Waals surface area contributed by atoms with Crippen LogP contribution in [0.2, 0.25) is 0 Å². The highest BCUT2D eigenvalue weighted by atomic mass is 79.9. The highest BCUT2D eigenvalue weighted by Gasteiger charge is 2.11. The molecule has 2 unspecified atom stereocenters. The molecule has 1 aromatic carbocycles. The van der Waals surface area contributed by atoms with Gasteiger partial charge in [-0.15, -0.1) is 6.58 Å². The van der Waals surface area contributed by atoms with Crippen molar-refractivity contribution in [3.05, 3.63) is 46.7 Å². The molecule has 0 aromatic heterocycles. The highest BCUT2D eigenvalue weighted by Crippen LogP contribution is 2.24. The molecule has 3 heteroatoms. The van der Waals surface area contributed by atoms with Crippen LogP contribution < -0.4 is 5.32 Å². The predicted molar refractivity (Wildman–Crippen MR) is 69.9 cm³/mol. The van der Waals surface area contributed by atoms with E-state index in [2.05, 4.69) is 41.7 Å². The third-order valence-corrected chi connectivity index (χ3v) is 3.17. The fourth-order valence-electron chi connectivity index (χ4n) is 1.69. The minimum Gasteiger partial charge on any atom is -0.307 e. The summed E-state index contributed by atoms with van der Waals surface area (Å²) in [5.74, 6) is -0.220. The average molecular weight is 286 g/mol. The first-order valence-corrected chi connectivity index (χ1v) is 6.15. The van der Waals surface area contributed by atoms with E-state index in [9.17, 15) is 4.39 Å². The Morgan fingerprint density at radius 1 is 1.50 bits per heavy atom. The molecule has 0 aliphatic heterocycles. The minimum absolute atomic E-state index is 0.185. The van der Waals surface area contributed by atoms with Gasteiger partial charge >= 0.3 is 0 Å². The van der Waals surface area contributed by atoms with Gasteiger partial charge in [0.2, 0.25) is 0 Å². The second kappa shape index (κ2) is 6.16. The van der Waals surface area contributed by atoms with Gasteiger partial charge in [-0.25, -0.2) is 4.39 Å². The number of rotatable bonds is 5. The van der Waals surface area contributed by atoms with Crippen molar-refractivity contribution in [2.45, 2.75) is 32.4 Å². The number of halogens is 2. The SMILES string of the molecule is C=CCC(C)NC(C)c1ccc(F)cc1Br.